The van der Waals surface area contributed by atoms with E-state index in [1.807, 2.05) is 30.3 Å². The van der Waals surface area contributed by atoms with Crippen LogP contribution in [0.3, 0.4) is 0 Å². The van der Waals surface area contributed by atoms with E-state index in [-0.39, 0.29) is 17.1 Å². The molecule has 0 radical (unpaired) electrons. The van der Waals surface area contributed by atoms with Gasteiger partial charge in [0.25, 0.3) is 0 Å². The van der Waals surface area contributed by atoms with Gasteiger partial charge in [0, 0.05) is 23.4 Å². The average molecular weight is 529 g/mol. The number of phenols is 1. The minimum absolute atomic E-state index is 0.0424. The molecule has 5 atom stereocenters. The number of aromatic hydroxyl groups is 1. The molecule has 2 heterocycles. The Morgan fingerprint density at radius 3 is 2.11 bits per heavy atom. The summed E-state index contributed by atoms with van der Waals surface area (Å²) < 4.78 is 17.5. The van der Waals surface area contributed by atoms with Crippen LogP contribution in [0, 0.1) is 6.92 Å². The summed E-state index contributed by atoms with van der Waals surface area (Å²) in [5.41, 5.74) is -7.77. The van der Waals surface area contributed by atoms with Crippen molar-refractivity contribution in [3.8, 4) is 11.5 Å². The zero-order chi connectivity index (χ0) is 28.3. The Hall–Kier alpha value is -2.95. The van der Waals surface area contributed by atoms with Crippen molar-refractivity contribution in [2.75, 3.05) is 13.2 Å². The van der Waals surface area contributed by atoms with E-state index < -0.39 is 46.8 Å². The molecule has 9 heteroatoms. The van der Waals surface area contributed by atoms with Crippen molar-refractivity contribution in [2.24, 2.45) is 0 Å². The zero-order valence-corrected chi connectivity index (χ0v) is 22.5. The van der Waals surface area contributed by atoms with E-state index in [1.54, 1.807) is 6.92 Å². The number of hydrogen-bond donors (Lipinski definition) is 5. The largest absolute Gasteiger partial charge is 0.504 e. The molecule has 1 aliphatic heterocycles. The molecule has 0 saturated carbocycles. The molecule has 0 amide bonds. The first-order chi connectivity index (χ1) is 17.5. The minimum atomic E-state index is -2.14. The van der Waals surface area contributed by atoms with Gasteiger partial charge in [0.2, 0.25) is 0 Å². The Labute approximate surface area is 220 Å². The molecular formula is C29H36O9. The van der Waals surface area contributed by atoms with Gasteiger partial charge in [0.15, 0.2) is 11.5 Å². The molecular weight excluding hydrogens is 492 g/mol. The van der Waals surface area contributed by atoms with Gasteiger partial charge in [0.1, 0.15) is 40.2 Å². The second-order valence-electron chi connectivity index (χ2n) is 11.2. The van der Waals surface area contributed by atoms with Crippen LogP contribution in [0.15, 0.2) is 51.7 Å². The van der Waals surface area contributed by atoms with Gasteiger partial charge in [0.05, 0.1) is 6.61 Å². The third-order valence-electron chi connectivity index (χ3n) is 8.80. The molecule has 38 heavy (non-hydrogen) atoms. The van der Waals surface area contributed by atoms with Crippen molar-refractivity contribution in [1.82, 2.24) is 0 Å². The van der Waals surface area contributed by atoms with Crippen LogP contribution in [0.4, 0.5) is 0 Å². The number of hydrogen-bond acceptors (Lipinski definition) is 9. The van der Waals surface area contributed by atoms with E-state index in [0.29, 0.717) is 22.9 Å². The molecule has 4 rings (SSSR count). The monoisotopic (exact) mass is 528 g/mol. The Morgan fingerprint density at radius 2 is 1.50 bits per heavy atom. The van der Waals surface area contributed by atoms with Crippen LogP contribution >= 0.6 is 0 Å². The fraction of sp³-hybridized carbons (Fsp3) is 0.483. The highest BCUT2D eigenvalue weighted by atomic mass is 16.6. The predicted molar refractivity (Wildman–Crippen MR) is 140 cm³/mol. The summed E-state index contributed by atoms with van der Waals surface area (Å²) in [6, 6.07) is 12.3. The van der Waals surface area contributed by atoms with E-state index in [9.17, 15) is 30.3 Å². The molecule has 2 aromatic carbocycles. The number of benzene rings is 2. The van der Waals surface area contributed by atoms with Crippen LogP contribution in [0.2, 0.25) is 0 Å². The third-order valence-corrected chi connectivity index (χ3v) is 8.80. The molecule has 3 aromatic rings. The Bertz CT molecular complexity index is 1410. The highest BCUT2D eigenvalue weighted by Gasteiger charge is 2.74. The lowest BCUT2D eigenvalue weighted by molar-refractivity contribution is -0.405. The summed E-state index contributed by atoms with van der Waals surface area (Å²) in [5, 5.41) is 55.1. The first-order valence-corrected chi connectivity index (χ1v) is 12.5. The van der Waals surface area contributed by atoms with Crippen LogP contribution in [0.25, 0.3) is 11.0 Å². The summed E-state index contributed by atoms with van der Waals surface area (Å²) in [7, 11) is 0. The molecule has 0 bridgehead atoms. The quantitative estimate of drug-likeness (QED) is 0.304. The van der Waals surface area contributed by atoms with Crippen LogP contribution in [0.1, 0.15) is 51.3 Å². The minimum Gasteiger partial charge on any atom is -0.504 e. The lowest BCUT2D eigenvalue weighted by Crippen LogP contribution is -2.85. The van der Waals surface area contributed by atoms with Gasteiger partial charge >= 0.3 is 5.63 Å². The molecule has 0 spiro atoms. The summed E-state index contributed by atoms with van der Waals surface area (Å²) in [6.07, 6.45) is 0.377. The predicted octanol–water partition coefficient (Wildman–Crippen LogP) is 2.57. The molecule has 1 fully saturated rings. The molecule has 206 valence electrons. The fourth-order valence-electron chi connectivity index (χ4n) is 5.30. The van der Waals surface area contributed by atoms with E-state index in [0.717, 1.165) is 5.56 Å². The number of aliphatic hydroxyl groups excluding tert-OH is 1. The van der Waals surface area contributed by atoms with E-state index in [4.69, 9.17) is 13.9 Å². The first-order valence-electron chi connectivity index (χ1n) is 12.5. The number of fused-ring (bicyclic) bond motifs is 1. The van der Waals surface area contributed by atoms with Crippen molar-refractivity contribution in [2.45, 2.75) is 76.0 Å². The topological polar surface area (TPSA) is 150 Å². The van der Waals surface area contributed by atoms with Gasteiger partial charge in [-0.05, 0) is 58.7 Å². The lowest BCUT2D eigenvalue weighted by Gasteiger charge is -2.65. The maximum atomic E-state index is 12.8. The van der Waals surface area contributed by atoms with Crippen molar-refractivity contribution < 1.29 is 39.4 Å². The van der Waals surface area contributed by atoms with Crippen molar-refractivity contribution >= 4 is 11.0 Å². The summed E-state index contributed by atoms with van der Waals surface area (Å²) in [5.74, 6) is -0.276. The van der Waals surface area contributed by atoms with Gasteiger partial charge in [-0.1, -0.05) is 30.3 Å². The molecule has 1 saturated heterocycles. The molecule has 1 aliphatic rings. The van der Waals surface area contributed by atoms with Crippen LogP contribution < -0.4 is 10.4 Å². The zero-order valence-electron chi connectivity index (χ0n) is 22.5. The summed E-state index contributed by atoms with van der Waals surface area (Å²) in [6.45, 7) is 7.49. The van der Waals surface area contributed by atoms with E-state index in [1.165, 1.54) is 46.8 Å². The highest BCUT2D eigenvalue weighted by Crippen LogP contribution is 2.53. The smallest absolute Gasteiger partial charge is 0.340 e. The van der Waals surface area contributed by atoms with E-state index in [2.05, 4.69) is 0 Å². The van der Waals surface area contributed by atoms with Crippen LogP contribution in [0.5, 0.6) is 11.5 Å². The molecule has 0 aliphatic carbocycles. The lowest BCUT2D eigenvalue weighted by atomic mass is 9.58. The maximum Gasteiger partial charge on any atom is 0.340 e. The maximum absolute atomic E-state index is 12.8. The van der Waals surface area contributed by atoms with Crippen LogP contribution in [-0.4, -0.2) is 66.8 Å². The number of rotatable bonds is 6. The summed E-state index contributed by atoms with van der Waals surface area (Å²) >= 11 is 0. The second-order valence-corrected chi connectivity index (χ2v) is 11.2. The van der Waals surface area contributed by atoms with E-state index >= 15 is 0 Å². The van der Waals surface area contributed by atoms with Gasteiger partial charge in [-0.25, -0.2) is 4.79 Å². The second kappa shape index (κ2) is 9.07. The molecule has 9 nitrogen and oxygen atoms in total. The summed E-state index contributed by atoms with van der Waals surface area (Å²) in [4.78, 5) is 12.8. The Morgan fingerprint density at radius 1 is 0.895 bits per heavy atom. The molecule has 3 unspecified atom stereocenters. The van der Waals surface area contributed by atoms with Crippen molar-refractivity contribution in [1.29, 1.82) is 0 Å². The number of aliphatic hydroxyl groups is 4. The first kappa shape index (κ1) is 28.1. The average Bonchev–Trinajstić information content (AvgIpc) is 2.85. The fourth-order valence-corrected chi connectivity index (χ4v) is 5.30. The number of ether oxygens (including phenoxy) is 2. The van der Waals surface area contributed by atoms with Gasteiger partial charge in [-0.3, -0.25) is 0 Å². The molecule has 5 N–H and O–H groups in total. The SMILES string of the molecule is Cc1c(Cc2ccccc2)c(=O)oc2cc(OC[C@]3(C)OC(C)(CO)[C@@](C)(O)C(C)(O)C3(C)O)c(O)cc12. The Balaban J connectivity index is 1.69. The van der Waals surface area contributed by atoms with Crippen molar-refractivity contribution in [3.63, 3.8) is 0 Å². The van der Waals surface area contributed by atoms with Crippen LogP contribution in [-0.2, 0) is 11.2 Å². The highest BCUT2D eigenvalue weighted by molar-refractivity contribution is 5.84. The van der Waals surface area contributed by atoms with Gasteiger partial charge < -0.3 is 39.4 Å². The third kappa shape index (κ3) is 4.01. The number of phenolic OH excluding ortho intramolecular Hbond substituents is 1. The number of aryl methyl sites for hydroxylation is 1. The molecule has 1 aromatic heterocycles. The van der Waals surface area contributed by atoms with Gasteiger partial charge in [-0.15, -0.1) is 0 Å². The van der Waals surface area contributed by atoms with Gasteiger partial charge in [-0.2, -0.15) is 0 Å². The standard InChI is InChI=1S/C29H36O9/c1-17-19-13-21(31)23(14-22(19)37-24(32)20(17)12-18-10-8-7-9-11-18)36-16-26(3)28(5,34)29(6,35)27(4,33)25(2,15-30)38-26/h7-11,13-14,30-31,33-35H,12,15-16H2,1-6H3/t25?,26-,27+,28?,29?/m0/s1. The normalized spacial score (nSPS) is 33.4. The van der Waals surface area contributed by atoms with Crippen molar-refractivity contribution in [3.05, 3.63) is 69.6 Å². The Kier molecular flexibility index (Phi) is 6.70.